The molecule has 0 heterocycles. The van der Waals surface area contributed by atoms with Crippen LogP contribution in [0.3, 0.4) is 0 Å². The molecule has 1 nitrogen and oxygen atoms in total. The van der Waals surface area contributed by atoms with Crippen LogP contribution in [-0.4, -0.2) is 31.7 Å². The Bertz CT molecular complexity index is 67.3. The molecular formula is C10H26N+. The predicted molar refractivity (Wildman–Crippen MR) is 53.8 cm³/mol. The summed E-state index contributed by atoms with van der Waals surface area (Å²) in [6.07, 6.45) is 2.54. The molecule has 0 bridgehead atoms. The highest BCUT2D eigenvalue weighted by molar-refractivity contribution is 4.25. The van der Waals surface area contributed by atoms with Crippen LogP contribution in [0.15, 0.2) is 0 Å². The van der Waals surface area contributed by atoms with Gasteiger partial charge in [-0.05, 0) is 13.3 Å². The zero-order chi connectivity index (χ0) is 9.33. The van der Waals surface area contributed by atoms with Crippen LogP contribution in [-0.2, 0) is 0 Å². The monoisotopic (exact) mass is 160 g/mol. The zero-order valence-electron chi connectivity index (χ0n) is 9.28. The van der Waals surface area contributed by atoms with Crippen molar-refractivity contribution in [2.24, 2.45) is 0 Å². The van der Waals surface area contributed by atoms with Crippen LogP contribution in [0.1, 0.15) is 40.5 Å². The third-order valence-electron chi connectivity index (χ3n) is 1.68. The molecule has 0 N–H and O–H groups in total. The fraction of sp³-hybridized carbons (Fsp3) is 1.00. The van der Waals surface area contributed by atoms with Gasteiger partial charge < -0.3 is 4.48 Å². The van der Waals surface area contributed by atoms with Crippen molar-refractivity contribution < 1.29 is 4.48 Å². The lowest BCUT2D eigenvalue weighted by Gasteiger charge is -2.27. The summed E-state index contributed by atoms with van der Waals surface area (Å²) in [4.78, 5) is 0. The predicted octanol–water partition coefficient (Wildman–Crippen LogP) is 2.91. The van der Waals surface area contributed by atoms with Gasteiger partial charge in [0.25, 0.3) is 0 Å². The Hall–Kier alpha value is -0.0400. The minimum atomic E-state index is 1.16. The summed E-state index contributed by atoms with van der Waals surface area (Å²) in [6.45, 7) is 11.3. The average Bonchev–Trinajstić information content (AvgIpc) is 1.90. The quantitative estimate of drug-likeness (QED) is 0.557. The van der Waals surface area contributed by atoms with E-state index in [4.69, 9.17) is 0 Å². The molecule has 0 atom stereocenters. The number of hydrogen-bond acceptors (Lipinski definition) is 0. The molecular weight excluding hydrogens is 134 g/mol. The van der Waals surface area contributed by atoms with Crippen LogP contribution in [0.2, 0.25) is 0 Å². The fourth-order valence-electron chi connectivity index (χ4n) is 0.763. The summed E-state index contributed by atoms with van der Waals surface area (Å²) in [5, 5.41) is 0. The van der Waals surface area contributed by atoms with Gasteiger partial charge in [-0.15, -0.1) is 0 Å². The molecule has 1 heteroatoms. The fourth-order valence-corrected chi connectivity index (χ4v) is 0.763. The van der Waals surface area contributed by atoms with Crippen molar-refractivity contribution in [3.05, 3.63) is 0 Å². The zero-order valence-corrected chi connectivity index (χ0v) is 9.28. The van der Waals surface area contributed by atoms with Crippen molar-refractivity contribution in [3.8, 4) is 0 Å². The number of hydrogen-bond donors (Lipinski definition) is 0. The summed E-state index contributed by atoms with van der Waals surface area (Å²) < 4.78 is 1.16. The maximum absolute atomic E-state index is 2.27. The Morgan fingerprint density at radius 1 is 0.909 bits per heavy atom. The first kappa shape index (κ1) is 13.5. The Kier molecular flexibility index (Phi) is 9.92. The number of rotatable bonds is 3. The highest BCUT2D eigenvalue weighted by atomic mass is 15.3. The largest absolute Gasteiger partial charge is 0.329 e. The Labute approximate surface area is 73.0 Å². The van der Waals surface area contributed by atoms with E-state index in [2.05, 4.69) is 41.8 Å². The van der Waals surface area contributed by atoms with E-state index in [9.17, 15) is 0 Å². The van der Waals surface area contributed by atoms with E-state index in [1.807, 2.05) is 0 Å². The van der Waals surface area contributed by atoms with Crippen LogP contribution < -0.4 is 0 Å². The average molecular weight is 160 g/mol. The third-order valence-corrected chi connectivity index (χ3v) is 1.68. The Morgan fingerprint density at radius 3 is 1.36 bits per heavy atom. The van der Waals surface area contributed by atoms with E-state index in [1.54, 1.807) is 0 Å². The minimum Gasteiger partial charge on any atom is -0.329 e. The van der Waals surface area contributed by atoms with Gasteiger partial charge in [0.05, 0.1) is 27.2 Å². The number of nitrogens with zero attached hydrogens (tertiary/aromatic N) is 1. The molecule has 0 rings (SSSR count). The van der Waals surface area contributed by atoms with Gasteiger partial charge in [0.1, 0.15) is 0 Å². The molecule has 0 saturated heterocycles. The molecule has 0 fully saturated rings. The van der Waals surface area contributed by atoms with Crippen molar-refractivity contribution in [1.82, 2.24) is 0 Å². The van der Waals surface area contributed by atoms with Gasteiger partial charge in [0, 0.05) is 0 Å². The van der Waals surface area contributed by atoms with Crippen molar-refractivity contribution in [2.75, 3.05) is 27.2 Å². The van der Waals surface area contributed by atoms with E-state index in [0.29, 0.717) is 0 Å². The SMILES string of the molecule is CCC.CCC[N+](C)(C)CC. The maximum atomic E-state index is 2.27. The molecule has 0 amide bonds. The van der Waals surface area contributed by atoms with Crippen molar-refractivity contribution in [2.45, 2.75) is 40.5 Å². The number of quaternary nitrogens is 1. The topological polar surface area (TPSA) is 0 Å². The molecule has 0 radical (unpaired) electrons. The van der Waals surface area contributed by atoms with Crippen molar-refractivity contribution in [3.63, 3.8) is 0 Å². The van der Waals surface area contributed by atoms with Crippen LogP contribution in [0, 0.1) is 0 Å². The van der Waals surface area contributed by atoms with Gasteiger partial charge in [-0.25, -0.2) is 0 Å². The first-order chi connectivity index (χ1) is 5.04. The molecule has 0 aliphatic carbocycles. The molecule has 0 aromatic heterocycles. The van der Waals surface area contributed by atoms with Crippen LogP contribution >= 0.6 is 0 Å². The van der Waals surface area contributed by atoms with Gasteiger partial charge in [-0.2, -0.15) is 0 Å². The second kappa shape index (κ2) is 8.06. The highest BCUT2D eigenvalue weighted by Crippen LogP contribution is 1.95. The van der Waals surface area contributed by atoms with E-state index in [0.717, 1.165) is 4.48 Å². The van der Waals surface area contributed by atoms with Crippen molar-refractivity contribution in [1.29, 1.82) is 0 Å². The summed E-state index contributed by atoms with van der Waals surface area (Å²) in [5.41, 5.74) is 0. The van der Waals surface area contributed by atoms with Gasteiger partial charge in [-0.1, -0.05) is 27.2 Å². The Morgan fingerprint density at radius 2 is 1.27 bits per heavy atom. The molecule has 0 aromatic carbocycles. The minimum absolute atomic E-state index is 1.16. The summed E-state index contributed by atoms with van der Waals surface area (Å²) in [5.74, 6) is 0. The lowest BCUT2D eigenvalue weighted by Crippen LogP contribution is -2.39. The van der Waals surface area contributed by atoms with Crippen molar-refractivity contribution >= 4 is 0 Å². The lowest BCUT2D eigenvalue weighted by molar-refractivity contribution is -0.888. The maximum Gasteiger partial charge on any atom is 0.0779 e. The Balaban J connectivity index is 0. The van der Waals surface area contributed by atoms with Crippen LogP contribution in [0.4, 0.5) is 0 Å². The molecule has 0 aliphatic heterocycles. The highest BCUT2D eigenvalue weighted by Gasteiger charge is 2.07. The lowest BCUT2D eigenvalue weighted by atomic mass is 10.4. The third kappa shape index (κ3) is 13.0. The molecule has 0 saturated carbocycles. The summed E-state index contributed by atoms with van der Waals surface area (Å²) in [6, 6.07) is 0. The van der Waals surface area contributed by atoms with Crippen LogP contribution in [0.5, 0.6) is 0 Å². The normalized spacial score (nSPS) is 10.4. The standard InChI is InChI=1S/C7H18N.C3H8/c1-5-7-8(3,4)6-2;1-3-2/h5-7H2,1-4H3;3H2,1-2H3/q+1;. The summed E-state index contributed by atoms with van der Waals surface area (Å²) in [7, 11) is 4.53. The van der Waals surface area contributed by atoms with E-state index < -0.39 is 0 Å². The van der Waals surface area contributed by atoms with Gasteiger partial charge in [0.15, 0.2) is 0 Å². The molecule has 11 heavy (non-hydrogen) atoms. The second-order valence-corrected chi connectivity index (χ2v) is 3.68. The summed E-state index contributed by atoms with van der Waals surface area (Å²) >= 11 is 0. The van der Waals surface area contributed by atoms with E-state index in [-0.39, 0.29) is 0 Å². The first-order valence-electron chi connectivity index (χ1n) is 4.86. The first-order valence-corrected chi connectivity index (χ1v) is 4.86. The molecule has 0 aliphatic rings. The van der Waals surface area contributed by atoms with Gasteiger partial charge in [0.2, 0.25) is 0 Å². The van der Waals surface area contributed by atoms with E-state index >= 15 is 0 Å². The second-order valence-electron chi connectivity index (χ2n) is 3.68. The molecule has 0 aromatic rings. The smallest absolute Gasteiger partial charge is 0.0779 e. The molecule has 70 valence electrons. The molecule has 0 unspecified atom stereocenters. The van der Waals surface area contributed by atoms with E-state index in [1.165, 1.54) is 25.9 Å². The van der Waals surface area contributed by atoms with Crippen LogP contribution in [0.25, 0.3) is 0 Å². The molecule has 0 spiro atoms. The van der Waals surface area contributed by atoms with Gasteiger partial charge in [-0.3, -0.25) is 0 Å². The van der Waals surface area contributed by atoms with Gasteiger partial charge >= 0.3 is 0 Å².